The van der Waals surface area contributed by atoms with Crippen molar-refractivity contribution in [3.63, 3.8) is 0 Å². The molecule has 100 valence electrons. The van der Waals surface area contributed by atoms with Crippen molar-refractivity contribution < 1.29 is 4.74 Å². The predicted molar refractivity (Wildman–Crippen MR) is 74.2 cm³/mol. The molecule has 0 amide bonds. The molecule has 0 bridgehead atoms. The maximum atomic E-state index is 5.50. The van der Waals surface area contributed by atoms with Crippen molar-refractivity contribution in [3.8, 4) is 0 Å². The average Bonchev–Trinajstić information content (AvgIpc) is 2.13. The number of rotatable bonds is 6. The second-order valence-electron chi connectivity index (χ2n) is 6.57. The Labute approximate surface area is 107 Å². The van der Waals surface area contributed by atoms with Crippen molar-refractivity contribution in [2.24, 2.45) is 11.3 Å². The number of ether oxygens (including phenoxy) is 1. The molecule has 2 atom stereocenters. The van der Waals surface area contributed by atoms with Gasteiger partial charge in [-0.2, -0.15) is 0 Å². The lowest BCUT2D eigenvalue weighted by Gasteiger charge is -2.39. The van der Waals surface area contributed by atoms with Crippen LogP contribution in [0.3, 0.4) is 0 Å². The van der Waals surface area contributed by atoms with Gasteiger partial charge in [-0.05, 0) is 37.5 Å². The minimum Gasteiger partial charge on any atom is -0.376 e. The smallest absolute Gasteiger partial charge is 0.0672 e. The molecule has 2 unspecified atom stereocenters. The molecule has 2 heteroatoms. The minimum absolute atomic E-state index is 0.494. The van der Waals surface area contributed by atoms with E-state index < -0.39 is 0 Å². The van der Waals surface area contributed by atoms with Gasteiger partial charge in [-0.15, -0.1) is 0 Å². The lowest BCUT2D eigenvalue weighted by atomic mass is 9.70. The first-order chi connectivity index (χ1) is 7.89. The largest absolute Gasteiger partial charge is 0.376 e. The third kappa shape index (κ3) is 6.23. The molecule has 2 nitrogen and oxygen atoms in total. The SMILES string of the molecule is C=C(C)COCCNC1CC(C)CC(C)(C)C1. The number of hydrogen-bond donors (Lipinski definition) is 1. The van der Waals surface area contributed by atoms with E-state index in [0.29, 0.717) is 18.1 Å². The molecule has 0 aromatic rings. The van der Waals surface area contributed by atoms with Crippen molar-refractivity contribution in [3.05, 3.63) is 12.2 Å². The Kier molecular flexibility index (Phi) is 5.68. The van der Waals surface area contributed by atoms with Gasteiger partial charge in [0.1, 0.15) is 0 Å². The van der Waals surface area contributed by atoms with E-state index in [1.165, 1.54) is 19.3 Å². The van der Waals surface area contributed by atoms with Crippen molar-refractivity contribution in [2.75, 3.05) is 19.8 Å². The molecule has 1 saturated carbocycles. The van der Waals surface area contributed by atoms with Crippen LogP contribution in [0.1, 0.15) is 47.0 Å². The average molecular weight is 239 g/mol. The van der Waals surface area contributed by atoms with Crippen LogP contribution in [0.4, 0.5) is 0 Å². The molecule has 0 aliphatic heterocycles. The molecular formula is C15H29NO. The van der Waals surface area contributed by atoms with E-state index in [1.54, 1.807) is 0 Å². The Hall–Kier alpha value is -0.340. The molecule has 0 spiro atoms. The van der Waals surface area contributed by atoms with Gasteiger partial charge >= 0.3 is 0 Å². The fraction of sp³-hybridized carbons (Fsp3) is 0.867. The van der Waals surface area contributed by atoms with E-state index >= 15 is 0 Å². The maximum Gasteiger partial charge on any atom is 0.0672 e. The first-order valence-corrected chi connectivity index (χ1v) is 6.84. The highest BCUT2D eigenvalue weighted by Gasteiger charge is 2.31. The van der Waals surface area contributed by atoms with Gasteiger partial charge in [0.2, 0.25) is 0 Å². The summed E-state index contributed by atoms with van der Waals surface area (Å²) in [5.74, 6) is 0.840. The summed E-state index contributed by atoms with van der Waals surface area (Å²) in [6.45, 7) is 15.4. The molecule has 1 rings (SSSR count). The third-order valence-electron chi connectivity index (χ3n) is 3.41. The highest BCUT2D eigenvalue weighted by molar-refractivity contribution is 4.88. The zero-order valence-corrected chi connectivity index (χ0v) is 12.0. The molecule has 0 radical (unpaired) electrons. The molecular weight excluding hydrogens is 210 g/mol. The van der Waals surface area contributed by atoms with Crippen LogP contribution in [0.2, 0.25) is 0 Å². The van der Waals surface area contributed by atoms with Crippen LogP contribution in [-0.2, 0) is 4.74 Å². The van der Waals surface area contributed by atoms with Crippen molar-refractivity contribution in [1.29, 1.82) is 0 Å². The predicted octanol–water partition coefficient (Wildman–Crippen LogP) is 3.38. The first-order valence-electron chi connectivity index (χ1n) is 6.84. The summed E-state index contributed by atoms with van der Waals surface area (Å²) < 4.78 is 5.50. The summed E-state index contributed by atoms with van der Waals surface area (Å²) in [6, 6.07) is 0.669. The monoisotopic (exact) mass is 239 g/mol. The van der Waals surface area contributed by atoms with Gasteiger partial charge in [0, 0.05) is 12.6 Å². The van der Waals surface area contributed by atoms with Crippen LogP contribution in [-0.4, -0.2) is 25.8 Å². The van der Waals surface area contributed by atoms with Gasteiger partial charge in [0.25, 0.3) is 0 Å². The van der Waals surface area contributed by atoms with E-state index in [0.717, 1.165) is 24.6 Å². The Morgan fingerprint density at radius 1 is 1.41 bits per heavy atom. The molecule has 0 aromatic heterocycles. The third-order valence-corrected chi connectivity index (χ3v) is 3.41. The number of hydrogen-bond acceptors (Lipinski definition) is 2. The first kappa shape index (κ1) is 14.7. The second kappa shape index (κ2) is 6.55. The van der Waals surface area contributed by atoms with Crippen molar-refractivity contribution in [1.82, 2.24) is 5.32 Å². The summed E-state index contributed by atoms with van der Waals surface area (Å²) in [4.78, 5) is 0. The fourth-order valence-corrected chi connectivity index (χ4v) is 3.08. The lowest BCUT2D eigenvalue weighted by molar-refractivity contribution is 0.127. The summed E-state index contributed by atoms with van der Waals surface area (Å²) in [6.07, 6.45) is 3.96. The molecule has 0 saturated heterocycles. The van der Waals surface area contributed by atoms with E-state index in [1.807, 2.05) is 6.92 Å². The van der Waals surface area contributed by atoms with Gasteiger partial charge in [-0.1, -0.05) is 32.9 Å². The Morgan fingerprint density at radius 2 is 2.12 bits per heavy atom. The fourth-order valence-electron chi connectivity index (χ4n) is 3.08. The van der Waals surface area contributed by atoms with Crippen LogP contribution < -0.4 is 5.32 Å². The zero-order valence-electron chi connectivity index (χ0n) is 12.0. The summed E-state index contributed by atoms with van der Waals surface area (Å²) in [5, 5.41) is 3.63. The summed E-state index contributed by atoms with van der Waals surface area (Å²) in [7, 11) is 0. The summed E-state index contributed by atoms with van der Waals surface area (Å²) in [5.41, 5.74) is 1.59. The molecule has 0 heterocycles. The normalized spacial score (nSPS) is 28.0. The van der Waals surface area contributed by atoms with E-state index in [4.69, 9.17) is 4.74 Å². The van der Waals surface area contributed by atoms with Gasteiger partial charge in [-0.3, -0.25) is 0 Å². The maximum absolute atomic E-state index is 5.50. The number of nitrogens with one attached hydrogen (secondary N) is 1. The van der Waals surface area contributed by atoms with Crippen LogP contribution in [0, 0.1) is 11.3 Å². The highest BCUT2D eigenvalue weighted by Crippen LogP contribution is 2.38. The quantitative estimate of drug-likeness (QED) is 0.567. The minimum atomic E-state index is 0.494. The molecule has 1 aliphatic rings. The Morgan fingerprint density at radius 3 is 2.71 bits per heavy atom. The standard InChI is InChI=1S/C15H29NO/c1-12(2)11-17-7-6-16-14-8-13(3)9-15(4,5)10-14/h13-14,16H,1,6-11H2,2-5H3. The van der Waals surface area contributed by atoms with Crippen molar-refractivity contribution in [2.45, 2.75) is 53.0 Å². The zero-order chi connectivity index (χ0) is 12.9. The molecule has 1 N–H and O–H groups in total. The second-order valence-corrected chi connectivity index (χ2v) is 6.57. The van der Waals surface area contributed by atoms with Crippen molar-refractivity contribution >= 4 is 0 Å². The van der Waals surface area contributed by atoms with Gasteiger partial charge in [0.05, 0.1) is 13.2 Å². The van der Waals surface area contributed by atoms with Crippen LogP contribution in [0.15, 0.2) is 12.2 Å². The van der Waals surface area contributed by atoms with Gasteiger partial charge in [0.15, 0.2) is 0 Å². The van der Waals surface area contributed by atoms with E-state index in [2.05, 4.69) is 32.7 Å². The molecule has 1 aliphatic carbocycles. The molecule has 1 fully saturated rings. The van der Waals surface area contributed by atoms with E-state index in [9.17, 15) is 0 Å². The van der Waals surface area contributed by atoms with Gasteiger partial charge in [-0.25, -0.2) is 0 Å². The molecule has 17 heavy (non-hydrogen) atoms. The van der Waals surface area contributed by atoms with Crippen LogP contribution in [0.5, 0.6) is 0 Å². The topological polar surface area (TPSA) is 21.3 Å². The van der Waals surface area contributed by atoms with Gasteiger partial charge < -0.3 is 10.1 Å². The summed E-state index contributed by atoms with van der Waals surface area (Å²) >= 11 is 0. The Bertz CT molecular complexity index is 247. The highest BCUT2D eigenvalue weighted by atomic mass is 16.5. The van der Waals surface area contributed by atoms with E-state index in [-0.39, 0.29) is 0 Å². The van der Waals surface area contributed by atoms with Crippen LogP contribution in [0.25, 0.3) is 0 Å². The Balaban J connectivity index is 2.16. The van der Waals surface area contributed by atoms with Crippen LogP contribution >= 0.6 is 0 Å². The molecule has 0 aromatic carbocycles. The lowest BCUT2D eigenvalue weighted by Crippen LogP contribution is -2.41.